The van der Waals surface area contributed by atoms with Gasteiger partial charge in [-0.25, -0.2) is 4.79 Å². The summed E-state index contributed by atoms with van der Waals surface area (Å²) in [4.78, 5) is 20.8. The van der Waals surface area contributed by atoms with Gasteiger partial charge in [-0.05, 0) is 6.42 Å². The minimum absolute atomic E-state index is 0.251. The van der Waals surface area contributed by atoms with Crippen LogP contribution in [0.15, 0.2) is 0 Å². The maximum Gasteiger partial charge on any atom is 0.508 e. The van der Waals surface area contributed by atoms with Gasteiger partial charge in [0.2, 0.25) is 0 Å². The van der Waals surface area contributed by atoms with E-state index < -0.39 is 18.2 Å². The minimum Gasteiger partial charge on any atom is -0.480 e. The zero-order chi connectivity index (χ0) is 10.3. The predicted octanol–water partition coefficient (Wildman–Crippen LogP) is -0.0385. The fourth-order valence-electron chi connectivity index (χ4n) is 0.456. The van der Waals surface area contributed by atoms with Gasteiger partial charge >= 0.3 is 12.1 Å². The van der Waals surface area contributed by atoms with Crippen LogP contribution in [-0.2, 0) is 14.3 Å². The molecule has 0 spiro atoms. The third kappa shape index (κ3) is 5.92. The first kappa shape index (κ1) is 11.7. The summed E-state index contributed by atoms with van der Waals surface area (Å²) in [6, 6.07) is -1.20. The molecule has 0 rings (SSSR count). The molecule has 0 radical (unpaired) electrons. The maximum absolute atomic E-state index is 10.6. The topological polar surface area (TPSA) is 98.9 Å². The highest BCUT2D eigenvalue weighted by Crippen LogP contribution is 1.89. The van der Waals surface area contributed by atoms with Crippen LogP contribution in [0.1, 0.15) is 13.3 Å². The molecule has 6 heteroatoms. The minimum atomic E-state index is -1.22. The lowest BCUT2D eigenvalue weighted by atomic mass is 10.3. The number of carboxylic acids is 1. The van der Waals surface area contributed by atoms with Crippen molar-refractivity contribution in [2.24, 2.45) is 5.73 Å². The fourth-order valence-corrected chi connectivity index (χ4v) is 0.456. The van der Waals surface area contributed by atoms with E-state index in [1.807, 2.05) is 6.92 Å². The van der Waals surface area contributed by atoms with Crippen LogP contribution in [0.3, 0.4) is 0 Å². The first-order chi connectivity index (χ1) is 6.07. The van der Waals surface area contributed by atoms with Crippen LogP contribution in [0.5, 0.6) is 0 Å². The van der Waals surface area contributed by atoms with E-state index in [-0.39, 0.29) is 13.2 Å². The number of ether oxygens (including phenoxy) is 2. The van der Waals surface area contributed by atoms with Crippen molar-refractivity contribution in [2.75, 3.05) is 13.2 Å². The summed E-state index contributed by atoms with van der Waals surface area (Å²) in [6.45, 7) is 1.70. The fraction of sp³-hybridized carbons (Fsp3) is 0.714. The lowest BCUT2D eigenvalue weighted by molar-refractivity contribution is -0.139. The highest BCUT2D eigenvalue weighted by atomic mass is 16.7. The molecule has 0 aromatic rings. The monoisotopic (exact) mass is 191 g/mol. The Hall–Kier alpha value is -1.30. The molecule has 6 nitrogen and oxygen atoms in total. The van der Waals surface area contributed by atoms with E-state index >= 15 is 0 Å². The van der Waals surface area contributed by atoms with E-state index in [0.717, 1.165) is 0 Å². The lowest BCUT2D eigenvalue weighted by Gasteiger charge is -2.07. The lowest BCUT2D eigenvalue weighted by Crippen LogP contribution is -2.35. The van der Waals surface area contributed by atoms with Gasteiger partial charge in [-0.3, -0.25) is 4.79 Å². The molecule has 0 aliphatic rings. The molecule has 0 saturated carbocycles. The number of carbonyl (C=O) groups is 2. The second-order valence-corrected chi connectivity index (χ2v) is 2.35. The van der Waals surface area contributed by atoms with Gasteiger partial charge in [0, 0.05) is 0 Å². The number of carbonyl (C=O) groups excluding carboxylic acids is 1. The van der Waals surface area contributed by atoms with Gasteiger partial charge < -0.3 is 20.3 Å². The summed E-state index contributed by atoms with van der Waals surface area (Å²) in [5, 5.41) is 8.31. The van der Waals surface area contributed by atoms with Crippen molar-refractivity contribution in [3.63, 3.8) is 0 Å². The predicted molar refractivity (Wildman–Crippen MR) is 43.2 cm³/mol. The van der Waals surface area contributed by atoms with Crippen molar-refractivity contribution in [3.05, 3.63) is 0 Å². The van der Waals surface area contributed by atoms with Crippen molar-refractivity contribution in [1.29, 1.82) is 0 Å². The van der Waals surface area contributed by atoms with Crippen molar-refractivity contribution < 1.29 is 24.2 Å². The van der Waals surface area contributed by atoms with Crippen molar-refractivity contribution in [1.82, 2.24) is 0 Å². The molecule has 13 heavy (non-hydrogen) atoms. The summed E-state index contributed by atoms with van der Waals surface area (Å²) in [5.74, 6) is -1.22. The number of aliphatic carboxylic acids is 1. The number of hydrogen-bond acceptors (Lipinski definition) is 5. The van der Waals surface area contributed by atoms with Crippen LogP contribution < -0.4 is 5.73 Å². The summed E-state index contributed by atoms with van der Waals surface area (Å²) in [6.07, 6.45) is -0.210. The Morgan fingerprint density at radius 2 is 2.08 bits per heavy atom. The van der Waals surface area contributed by atoms with Crippen LogP contribution in [0, 0.1) is 0 Å². The quantitative estimate of drug-likeness (QED) is 0.591. The Kier molecular flexibility index (Phi) is 5.62. The second-order valence-electron chi connectivity index (χ2n) is 2.35. The summed E-state index contributed by atoms with van der Waals surface area (Å²) in [5.41, 5.74) is 5.06. The highest BCUT2D eigenvalue weighted by Gasteiger charge is 2.14. The summed E-state index contributed by atoms with van der Waals surface area (Å²) in [7, 11) is 0. The Bertz CT molecular complexity index is 182. The van der Waals surface area contributed by atoms with Gasteiger partial charge in [-0.2, -0.15) is 0 Å². The van der Waals surface area contributed by atoms with Crippen molar-refractivity contribution in [3.8, 4) is 0 Å². The Morgan fingerprint density at radius 1 is 1.46 bits per heavy atom. The normalized spacial score (nSPS) is 11.8. The smallest absolute Gasteiger partial charge is 0.480 e. The molecule has 0 fully saturated rings. The first-order valence-corrected chi connectivity index (χ1v) is 3.85. The summed E-state index contributed by atoms with van der Waals surface area (Å²) >= 11 is 0. The van der Waals surface area contributed by atoms with Gasteiger partial charge in [0.15, 0.2) is 0 Å². The SMILES string of the molecule is CCCOC(=O)OCC(N)C(=O)O. The van der Waals surface area contributed by atoms with Gasteiger partial charge in [0.05, 0.1) is 6.61 Å². The largest absolute Gasteiger partial charge is 0.508 e. The number of nitrogens with two attached hydrogens (primary N) is 1. The molecule has 0 aromatic carbocycles. The van der Waals surface area contributed by atoms with Crippen molar-refractivity contribution in [2.45, 2.75) is 19.4 Å². The van der Waals surface area contributed by atoms with Crippen LogP contribution in [0.25, 0.3) is 0 Å². The van der Waals surface area contributed by atoms with E-state index in [2.05, 4.69) is 9.47 Å². The second kappa shape index (κ2) is 6.24. The average molecular weight is 191 g/mol. The van der Waals surface area contributed by atoms with E-state index in [1.54, 1.807) is 0 Å². The van der Waals surface area contributed by atoms with Crippen molar-refractivity contribution >= 4 is 12.1 Å². The van der Waals surface area contributed by atoms with E-state index in [9.17, 15) is 9.59 Å². The van der Waals surface area contributed by atoms with E-state index in [0.29, 0.717) is 6.42 Å². The van der Waals surface area contributed by atoms with Gasteiger partial charge in [0.1, 0.15) is 12.6 Å². The number of rotatable bonds is 5. The third-order valence-corrected chi connectivity index (χ3v) is 1.12. The number of carboxylic acid groups (broad SMARTS) is 1. The van der Waals surface area contributed by atoms with Crippen LogP contribution in [0.2, 0.25) is 0 Å². The maximum atomic E-state index is 10.6. The number of hydrogen-bond donors (Lipinski definition) is 2. The Labute approximate surface area is 75.6 Å². The Morgan fingerprint density at radius 3 is 2.54 bits per heavy atom. The molecule has 0 amide bonds. The standard InChI is InChI=1S/C7H13NO5/c1-2-3-12-7(11)13-4-5(8)6(9)10/h5H,2-4,8H2,1H3,(H,9,10). The highest BCUT2D eigenvalue weighted by molar-refractivity contribution is 5.73. The molecule has 0 saturated heterocycles. The Balaban J connectivity index is 3.52. The molecule has 3 N–H and O–H groups in total. The molecule has 0 aliphatic carbocycles. The van der Waals surface area contributed by atoms with Crippen LogP contribution in [-0.4, -0.2) is 36.5 Å². The molecule has 0 aromatic heterocycles. The average Bonchev–Trinajstić information content (AvgIpc) is 2.10. The molecule has 1 unspecified atom stereocenters. The zero-order valence-corrected chi connectivity index (χ0v) is 7.36. The van der Waals surface area contributed by atoms with E-state index in [4.69, 9.17) is 10.8 Å². The molecule has 1 atom stereocenters. The molecular formula is C7H13NO5. The van der Waals surface area contributed by atoms with Gasteiger partial charge in [0.25, 0.3) is 0 Å². The van der Waals surface area contributed by atoms with Crippen LogP contribution >= 0.6 is 0 Å². The molecule has 0 bridgehead atoms. The third-order valence-electron chi connectivity index (χ3n) is 1.12. The summed E-state index contributed by atoms with van der Waals surface area (Å²) < 4.78 is 8.91. The molecule has 76 valence electrons. The molecule has 0 aliphatic heterocycles. The van der Waals surface area contributed by atoms with Gasteiger partial charge in [-0.15, -0.1) is 0 Å². The van der Waals surface area contributed by atoms with Gasteiger partial charge in [-0.1, -0.05) is 6.92 Å². The zero-order valence-electron chi connectivity index (χ0n) is 7.36. The first-order valence-electron chi connectivity index (χ1n) is 3.85. The molecule has 0 heterocycles. The molecular weight excluding hydrogens is 178 g/mol. The van der Waals surface area contributed by atoms with Crippen LogP contribution in [0.4, 0.5) is 4.79 Å². The van der Waals surface area contributed by atoms with E-state index in [1.165, 1.54) is 0 Å².